The van der Waals surface area contributed by atoms with Crippen LogP contribution >= 0.6 is 11.3 Å². The number of carbonyl (C=O) groups excluding carboxylic acids is 1. The highest BCUT2D eigenvalue weighted by Crippen LogP contribution is 2.34. The Morgan fingerprint density at radius 3 is 2.85 bits per heavy atom. The van der Waals surface area contributed by atoms with Gasteiger partial charge in [-0.05, 0) is 30.6 Å². The van der Waals surface area contributed by atoms with Gasteiger partial charge < -0.3 is 0 Å². The molecule has 0 aromatic carbocycles. The predicted octanol–water partition coefficient (Wildman–Crippen LogP) is 3.88. The maximum atomic E-state index is 12.3. The zero-order chi connectivity index (χ0) is 14.8. The lowest BCUT2D eigenvalue weighted by Crippen LogP contribution is -2.14. The van der Waals surface area contributed by atoms with Crippen molar-refractivity contribution in [1.29, 1.82) is 5.26 Å². The fourth-order valence-electron chi connectivity index (χ4n) is 2.71. The molecule has 4 heteroatoms. The second-order valence-corrected chi connectivity index (χ2v) is 7.86. The Morgan fingerprint density at radius 2 is 2.25 bits per heavy atom. The molecule has 1 fully saturated rings. The van der Waals surface area contributed by atoms with Crippen LogP contribution in [-0.2, 0) is 16.6 Å². The van der Waals surface area contributed by atoms with Crippen LogP contribution < -0.4 is 0 Å². The summed E-state index contributed by atoms with van der Waals surface area (Å²) in [6, 6.07) is 2.22. The molecule has 0 N–H and O–H groups in total. The van der Waals surface area contributed by atoms with E-state index in [1.807, 2.05) is 6.20 Å². The van der Waals surface area contributed by atoms with Crippen LogP contribution in [0.3, 0.4) is 0 Å². The summed E-state index contributed by atoms with van der Waals surface area (Å²) in [6.07, 6.45) is 5.82. The van der Waals surface area contributed by atoms with Crippen LogP contribution in [0.25, 0.3) is 0 Å². The van der Waals surface area contributed by atoms with E-state index in [4.69, 9.17) is 5.26 Å². The van der Waals surface area contributed by atoms with E-state index in [9.17, 15) is 4.79 Å². The molecule has 0 radical (unpaired) electrons. The van der Waals surface area contributed by atoms with E-state index in [1.54, 1.807) is 11.3 Å². The summed E-state index contributed by atoms with van der Waals surface area (Å²) in [5, 5.41) is 9.66. The third-order valence-electron chi connectivity index (χ3n) is 3.99. The van der Waals surface area contributed by atoms with Gasteiger partial charge in [-0.1, -0.05) is 20.8 Å². The van der Waals surface area contributed by atoms with E-state index in [2.05, 4.69) is 31.8 Å². The molecule has 2 rings (SSSR count). The molecule has 1 aliphatic rings. The normalized spacial score (nSPS) is 22.7. The molecule has 1 aromatic heterocycles. The summed E-state index contributed by atoms with van der Waals surface area (Å²) in [5.41, 5.74) is 0.101. The van der Waals surface area contributed by atoms with E-state index in [1.165, 1.54) is 4.88 Å². The average molecular weight is 290 g/mol. The Balaban J connectivity index is 1.92. The van der Waals surface area contributed by atoms with Crippen molar-refractivity contribution in [2.24, 2.45) is 11.8 Å². The molecule has 1 heterocycles. The van der Waals surface area contributed by atoms with Gasteiger partial charge in [0, 0.05) is 23.4 Å². The fourth-order valence-corrected chi connectivity index (χ4v) is 3.70. The number of carbonyl (C=O) groups is 1. The second kappa shape index (κ2) is 6.05. The zero-order valence-corrected chi connectivity index (χ0v) is 13.3. The molecule has 20 heavy (non-hydrogen) atoms. The smallest absolute Gasteiger partial charge is 0.142 e. The van der Waals surface area contributed by atoms with Gasteiger partial charge >= 0.3 is 0 Å². The highest BCUT2D eigenvalue weighted by atomic mass is 32.1. The predicted molar refractivity (Wildman–Crippen MR) is 80.6 cm³/mol. The highest BCUT2D eigenvalue weighted by Gasteiger charge is 2.30. The quantitative estimate of drug-likeness (QED) is 0.845. The van der Waals surface area contributed by atoms with Crippen LogP contribution in [0.15, 0.2) is 6.20 Å². The molecular weight excluding hydrogens is 268 g/mol. The summed E-state index contributed by atoms with van der Waals surface area (Å²) in [7, 11) is 0. The molecule has 0 unspecified atom stereocenters. The van der Waals surface area contributed by atoms with Gasteiger partial charge in [-0.2, -0.15) is 5.26 Å². The standard InChI is InChI=1S/C16H22N2OS/c1-16(2,3)14-10-18-15(20-14)9-13(19)12-5-4-11(8-12)6-7-17/h10-12H,4-6,8-9H2,1-3H3/t11-,12-/m0/s1. The van der Waals surface area contributed by atoms with Gasteiger partial charge in [0.05, 0.1) is 12.5 Å². The van der Waals surface area contributed by atoms with Crippen molar-refractivity contribution < 1.29 is 4.79 Å². The first-order chi connectivity index (χ1) is 9.40. The summed E-state index contributed by atoms with van der Waals surface area (Å²) in [6.45, 7) is 6.49. The van der Waals surface area contributed by atoms with Gasteiger partial charge in [0.1, 0.15) is 10.8 Å². The monoisotopic (exact) mass is 290 g/mol. The second-order valence-electron chi connectivity index (χ2n) is 6.75. The van der Waals surface area contributed by atoms with Gasteiger partial charge in [0.2, 0.25) is 0 Å². The fraction of sp³-hybridized carbons (Fsp3) is 0.688. The topological polar surface area (TPSA) is 53.8 Å². The molecule has 0 aliphatic heterocycles. The minimum absolute atomic E-state index is 0.101. The van der Waals surface area contributed by atoms with E-state index >= 15 is 0 Å². The third-order valence-corrected chi connectivity index (χ3v) is 5.42. The van der Waals surface area contributed by atoms with Crippen LogP contribution in [0.5, 0.6) is 0 Å². The molecule has 3 nitrogen and oxygen atoms in total. The number of nitriles is 1. The van der Waals surface area contributed by atoms with E-state index in [0.29, 0.717) is 24.5 Å². The maximum absolute atomic E-state index is 12.3. The lowest BCUT2D eigenvalue weighted by atomic mass is 9.96. The van der Waals surface area contributed by atoms with Crippen molar-refractivity contribution >= 4 is 17.1 Å². The van der Waals surface area contributed by atoms with Crippen LogP contribution in [0.1, 0.15) is 56.3 Å². The Kier molecular flexibility index (Phi) is 4.59. The minimum Gasteiger partial charge on any atom is -0.299 e. The van der Waals surface area contributed by atoms with Crippen LogP contribution in [-0.4, -0.2) is 10.8 Å². The Morgan fingerprint density at radius 1 is 1.50 bits per heavy atom. The first kappa shape index (κ1) is 15.2. The van der Waals surface area contributed by atoms with Gasteiger partial charge in [0.25, 0.3) is 0 Å². The Bertz CT molecular complexity index is 521. The number of rotatable bonds is 4. The third kappa shape index (κ3) is 3.67. The van der Waals surface area contributed by atoms with Crippen molar-refractivity contribution in [3.63, 3.8) is 0 Å². The largest absolute Gasteiger partial charge is 0.299 e. The highest BCUT2D eigenvalue weighted by molar-refractivity contribution is 7.11. The summed E-state index contributed by atoms with van der Waals surface area (Å²) < 4.78 is 0. The van der Waals surface area contributed by atoms with Crippen LogP contribution in [0, 0.1) is 23.2 Å². The first-order valence-electron chi connectivity index (χ1n) is 7.25. The number of hydrogen-bond acceptors (Lipinski definition) is 4. The van der Waals surface area contributed by atoms with Crippen molar-refractivity contribution in [1.82, 2.24) is 4.98 Å². The molecular formula is C16H22N2OS. The van der Waals surface area contributed by atoms with Crippen molar-refractivity contribution in [2.75, 3.05) is 0 Å². The molecule has 2 atom stereocenters. The first-order valence-corrected chi connectivity index (χ1v) is 8.06. The van der Waals surface area contributed by atoms with Crippen molar-refractivity contribution in [3.8, 4) is 6.07 Å². The molecule has 0 spiro atoms. The Labute approximate surface area is 125 Å². The molecule has 0 bridgehead atoms. The van der Waals surface area contributed by atoms with Crippen molar-refractivity contribution in [3.05, 3.63) is 16.1 Å². The van der Waals surface area contributed by atoms with E-state index < -0.39 is 0 Å². The summed E-state index contributed by atoms with van der Waals surface area (Å²) >= 11 is 1.65. The average Bonchev–Trinajstić information content (AvgIpc) is 2.97. The Hall–Kier alpha value is -1.21. The summed E-state index contributed by atoms with van der Waals surface area (Å²) in [5.74, 6) is 0.881. The molecule has 0 saturated heterocycles. The van der Waals surface area contributed by atoms with Gasteiger partial charge in [-0.15, -0.1) is 11.3 Å². The van der Waals surface area contributed by atoms with E-state index in [-0.39, 0.29) is 11.3 Å². The molecule has 1 saturated carbocycles. The molecule has 1 aliphatic carbocycles. The van der Waals surface area contributed by atoms with Gasteiger partial charge in [-0.25, -0.2) is 4.98 Å². The molecule has 0 amide bonds. The molecule has 1 aromatic rings. The molecule has 108 valence electrons. The SMILES string of the molecule is CC(C)(C)c1cnc(CC(=O)[C@H]2CC[C@@H](CC#N)C2)s1. The van der Waals surface area contributed by atoms with Crippen molar-refractivity contribution in [2.45, 2.75) is 58.3 Å². The number of Topliss-reactive ketones (excluding diaryl/α,β-unsaturated/α-hetero) is 1. The number of ketones is 1. The zero-order valence-electron chi connectivity index (χ0n) is 12.5. The minimum atomic E-state index is 0.101. The number of thiazole rings is 1. The maximum Gasteiger partial charge on any atom is 0.142 e. The van der Waals surface area contributed by atoms with Crippen LogP contribution in [0.4, 0.5) is 0 Å². The lowest BCUT2D eigenvalue weighted by Gasteiger charge is -2.14. The number of nitrogens with zero attached hydrogens (tertiary/aromatic N) is 2. The van der Waals surface area contributed by atoms with Gasteiger partial charge in [-0.3, -0.25) is 4.79 Å². The number of aromatic nitrogens is 1. The van der Waals surface area contributed by atoms with Gasteiger partial charge in [0.15, 0.2) is 0 Å². The summed E-state index contributed by atoms with van der Waals surface area (Å²) in [4.78, 5) is 17.9. The van der Waals surface area contributed by atoms with Crippen LogP contribution in [0.2, 0.25) is 0 Å². The lowest BCUT2D eigenvalue weighted by molar-refractivity contribution is -0.122. The number of hydrogen-bond donors (Lipinski definition) is 0. The van der Waals surface area contributed by atoms with E-state index in [0.717, 1.165) is 24.3 Å².